The van der Waals surface area contributed by atoms with Crippen molar-refractivity contribution in [2.24, 2.45) is 23.7 Å². The number of hydrogen-bond donors (Lipinski definition) is 0. The van der Waals surface area contributed by atoms with Crippen molar-refractivity contribution in [2.75, 3.05) is 6.26 Å². The molecule has 3 aliphatic heterocycles. The summed E-state index contributed by atoms with van der Waals surface area (Å²) in [6, 6.07) is 9.87. The molecule has 4 bridgehead atoms. The zero-order valence-corrected chi connectivity index (χ0v) is 27.6. The Morgan fingerprint density at radius 3 is 1.33 bits per heavy atom. The van der Waals surface area contributed by atoms with Crippen molar-refractivity contribution in [1.29, 1.82) is 0 Å². The van der Waals surface area contributed by atoms with Crippen LogP contribution in [0.15, 0.2) is 117 Å². The summed E-state index contributed by atoms with van der Waals surface area (Å²) in [6.45, 7) is 0. The highest BCUT2D eigenvalue weighted by Gasteiger charge is 2.37. The van der Waals surface area contributed by atoms with Gasteiger partial charge in [-0.25, -0.2) is 0 Å². The standard InChI is InChI=1S/C31H24S8/c1-32-19-10-23-24(37-29-16-4-2-15(3-5-16)28(29)36-23)11-20(19)33-14-27-34-21-12-25-26(13-22(21)35-27)39-31-18-7-6-17(8-9-18)30(31)38-25/h2,4,6-7,10-18H,3,5,8-9H2,1H3. The van der Waals surface area contributed by atoms with Crippen LogP contribution >= 0.6 is 94.1 Å². The topological polar surface area (TPSA) is 0 Å². The second kappa shape index (κ2) is 10.0. The fourth-order valence-corrected chi connectivity index (χ4v) is 16.6. The van der Waals surface area contributed by atoms with Gasteiger partial charge in [-0.15, -0.1) is 11.8 Å². The molecule has 11 rings (SSSR count). The number of allylic oxidation sites excluding steroid dienone is 8. The monoisotopic (exact) mass is 652 g/mol. The van der Waals surface area contributed by atoms with Crippen molar-refractivity contribution in [1.82, 2.24) is 0 Å². The lowest BCUT2D eigenvalue weighted by molar-refractivity contribution is 0.516. The van der Waals surface area contributed by atoms with E-state index in [-0.39, 0.29) is 0 Å². The molecule has 9 aliphatic rings. The smallest absolute Gasteiger partial charge is 0.0566 e. The van der Waals surface area contributed by atoms with Gasteiger partial charge in [0.15, 0.2) is 0 Å². The molecule has 2 aromatic rings. The lowest BCUT2D eigenvalue weighted by Crippen LogP contribution is -2.20. The Morgan fingerprint density at radius 2 is 0.923 bits per heavy atom. The molecule has 0 fully saturated rings. The Bertz CT molecular complexity index is 1550. The first kappa shape index (κ1) is 25.4. The van der Waals surface area contributed by atoms with E-state index >= 15 is 0 Å². The third kappa shape index (κ3) is 4.29. The largest absolute Gasteiger partial charge is 0.128 e. The molecule has 0 spiro atoms. The van der Waals surface area contributed by atoms with Crippen LogP contribution in [0.4, 0.5) is 0 Å². The fourth-order valence-electron chi connectivity index (χ4n) is 6.40. The summed E-state index contributed by atoms with van der Waals surface area (Å²) >= 11 is 15.9. The molecule has 39 heavy (non-hydrogen) atoms. The third-order valence-corrected chi connectivity index (χ3v) is 18.6. The van der Waals surface area contributed by atoms with Gasteiger partial charge in [0, 0.05) is 82.5 Å². The first-order valence-electron chi connectivity index (χ1n) is 13.4. The number of hydrogen-bond acceptors (Lipinski definition) is 8. The number of rotatable bonds is 3. The van der Waals surface area contributed by atoms with Gasteiger partial charge in [-0.05, 0) is 61.6 Å². The van der Waals surface area contributed by atoms with E-state index in [4.69, 9.17) is 0 Å². The van der Waals surface area contributed by atoms with Crippen LogP contribution in [0, 0.1) is 23.7 Å². The molecule has 196 valence electrons. The van der Waals surface area contributed by atoms with E-state index in [1.165, 1.54) is 69.1 Å². The summed E-state index contributed by atoms with van der Waals surface area (Å²) in [5.41, 5.74) is 0. The molecule has 0 saturated carbocycles. The van der Waals surface area contributed by atoms with Gasteiger partial charge in [-0.3, -0.25) is 0 Å². The molecule has 2 aromatic carbocycles. The average Bonchev–Trinajstić information content (AvgIpc) is 3.39. The van der Waals surface area contributed by atoms with Gasteiger partial charge in [0.25, 0.3) is 0 Å². The Balaban J connectivity index is 0.956. The van der Waals surface area contributed by atoms with Crippen molar-refractivity contribution in [2.45, 2.75) is 64.8 Å². The predicted molar refractivity (Wildman–Crippen MR) is 179 cm³/mol. The summed E-state index contributed by atoms with van der Waals surface area (Å²) in [7, 11) is 0. The van der Waals surface area contributed by atoms with E-state index in [2.05, 4.69) is 107 Å². The number of thioether (sulfide) groups is 8. The number of benzene rings is 2. The van der Waals surface area contributed by atoms with E-state index < -0.39 is 0 Å². The van der Waals surface area contributed by atoms with Gasteiger partial charge >= 0.3 is 0 Å². The van der Waals surface area contributed by atoms with Gasteiger partial charge in [-0.1, -0.05) is 107 Å². The molecule has 0 amide bonds. The minimum absolute atomic E-state index is 0.646. The maximum Gasteiger partial charge on any atom is 0.0566 e. The zero-order valence-electron chi connectivity index (χ0n) is 21.1. The second-order valence-electron chi connectivity index (χ2n) is 10.7. The molecule has 4 atom stereocenters. The summed E-state index contributed by atoms with van der Waals surface area (Å²) in [4.78, 5) is 18.1. The first-order valence-corrected chi connectivity index (χ1v) is 20.4. The molecule has 0 saturated heterocycles. The van der Waals surface area contributed by atoms with Crippen LogP contribution in [-0.2, 0) is 0 Å². The quantitative estimate of drug-likeness (QED) is 0.234. The third-order valence-electron chi connectivity index (χ3n) is 8.38. The van der Waals surface area contributed by atoms with Gasteiger partial charge < -0.3 is 0 Å². The molecular weight excluding hydrogens is 629 g/mol. The van der Waals surface area contributed by atoms with Crippen LogP contribution in [0.1, 0.15) is 25.7 Å². The predicted octanol–water partition coefficient (Wildman–Crippen LogP) is 12.2. The molecule has 0 radical (unpaired) electrons. The van der Waals surface area contributed by atoms with Crippen molar-refractivity contribution in [3.8, 4) is 0 Å². The molecule has 6 aliphatic carbocycles. The van der Waals surface area contributed by atoms with Crippen LogP contribution in [0.3, 0.4) is 0 Å². The van der Waals surface area contributed by atoms with Crippen molar-refractivity contribution >= 4 is 94.1 Å². The summed E-state index contributed by atoms with van der Waals surface area (Å²) in [5, 5.41) is 2.40. The molecule has 0 aromatic heterocycles. The highest BCUT2D eigenvalue weighted by atomic mass is 32.2. The Hall–Kier alpha value is -0.0600. The first-order chi connectivity index (χ1) is 19.2. The second-order valence-corrected chi connectivity index (χ2v) is 19.2. The lowest BCUT2D eigenvalue weighted by atomic mass is 9.81. The lowest BCUT2D eigenvalue weighted by Gasteiger charge is -2.38. The number of fused-ring (bicyclic) bond motifs is 5. The Labute approximate surface area is 264 Å². The van der Waals surface area contributed by atoms with Crippen LogP contribution in [0.25, 0.3) is 0 Å². The van der Waals surface area contributed by atoms with E-state index in [1.54, 1.807) is 19.6 Å². The summed E-state index contributed by atoms with van der Waals surface area (Å²) in [5.74, 6) is 2.61. The van der Waals surface area contributed by atoms with Crippen LogP contribution in [0.2, 0.25) is 0 Å². The van der Waals surface area contributed by atoms with Crippen molar-refractivity contribution in [3.63, 3.8) is 0 Å². The van der Waals surface area contributed by atoms with Gasteiger partial charge in [0.05, 0.1) is 4.24 Å². The molecule has 3 heterocycles. The van der Waals surface area contributed by atoms with Crippen LogP contribution in [0.5, 0.6) is 0 Å². The minimum Gasteiger partial charge on any atom is -0.128 e. The highest BCUT2D eigenvalue weighted by molar-refractivity contribution is 8.25. The van der Waals surface area contributed by atoms with E-state index in [9.17, 15) is 0 Å². The van der Waals surface area contributed by atoms with Crippen molar-refractivity contribution < 1.29 is 0 Å². The maximum absolute atomic E-state index is 2.47. The minimum atomic E-state index is 0.646. The average molecular weight is 653 g/mol. The Kier molecular flexibility index (Phi) is 6.53. The normalized spacial score (nSPS) is 28.9. The maximum atomic E-state index is 2.47. The molecule has 0 N–H and O–H groups in total. The van der Waals surface area contributed by atoms with Crippen LogP contribution < -0.4 is 0 Å². The van der Waals surface area contributed by atoms with Gasteiger partial charge in [-0.2, -0.15) is 0 Å². The molecular formula is C31H24S8. The van der Waals surface area contributed by atoms with Gasteiger partial charge in [0.2, 0.25) is 0 Å². The van der Waals surface area contributed by atoms with Crippen LogP contribution in [-0.4, -0.2) is 6.26 Å². The summed E-state index contributed by atoms with van der Waals surface area (Å²) in [6.07, 6.45) is 17.4. The highest BCUT2D eigenvalue weighted by Crippen LogP contribution is 2.62. The van der Waals surface area contributed by atoms with E-state index in [0.29, 0.717) is 23.7 Å². The summed E-state index contributed by atoms with van der Waals surface area (Å²) < 4.78 is 1.40. The Morgan fingerprint density at radius 1 is 0.538 bits per heavy atom. The molecule has 4 unspecified atom stereocenters. The van der Waals surface area contributed by atoms with E-state index in [1.807, 2.05) is 47.0 Å². The van der Waals surface area contributed by atoms with E-state index in [0.717, 1.165) is 0 Å². The molecule has 0 nitrogen and oxygen atoms in total. The molecule has 8 heteroatoms. The van der Waals surface area contributed by atoms with Gasteiger partial charge in [0.1, 0.15) is 0 Å². The van der Waals surface area contributed by atoms with Crippen molar-refractivity contribution in [3.05, 3.63) is 77.8 Å². The SMILES string of the molecule is CSc1cc2c(cc1SC=C1Sc3cc4c(cc3S1)SC1=C(S4)C3C=CC1CC3)SC1=C(S2)C2C=CC1CC2. The zero-order chi connectivity index (χ0) is 25.7. The fraction of sp³-hybridized carbons (Fsp3) is 0.290.